The monoisotopic (exact) mass is 294 g/mol. The van der Waals surface area contributed by atoms with Crippen molar-refractivity contribution in [3.63, 3.8) is 0 Å². The van der Waals surface area contributed by atoms with E-state index in [2.05, 4.69) is 4.90 Å². The summed E-state index contributed by atoms with van der Waals surface area (Å²) in [5, 5.41) is 1.08. The molecule has 0 aliphatic rings. The maximum Gasteiger partial charge on any atom is 0.419 e. The van der Waals surface area contributed by atoms with Crippen LogP contribution in [0.25, 0.3) is 10.9 Å². The molecule has 1 aromatic heterocycles. The number of aromatic nitrogens is 1. The lowest BCUT2D eigenvalue weighted by molar-refractivity contribution is 0.141. The molecule has 0 fully saturated rings. The number of nitrogens with zero attached hydrogens (tertiary/aromatic N) is 2. The van der Waals surface area contributed by atoms with Crippen LogP contribution in [-0.4, -0.2) is 41.8 Å². The predicted octanol–water partition coefficient (Wildman–Crippen LogP) is 3.31. The maximum atomic E-state index is 12.1. The Kier molecular flexibility index (Phi) is 4.68. The second-order valence-electron chi connectivity index (χ2n) is 5.02. The van der Waals surface area contributed by atoms with Crippen LogP contribution in [0.3, 0.4) is 0 Å². The van der Waals surface area contributed by atoms with E-state index in [0.717, 1.165) is 29.4 Å². The molecule has 4 nitrogen and oxygen atoms in total. The fourth-order valence-electron chi connectivity index (χ4n) is 2.14. The molecule has 0 amide bonds. The molecule has 2 aromatic rings. The van der Waals surface area contributed by atoms with Gasteiger partial charge in [-0.1, -0.05) is 29.8 Å². The van der Waals surface area contributed by atoms with E-state index >= 15 is 0 Å². The Bertz CT molecular complexity index is 605. The van der Waals surface area contributed by atoms with Crippen molar-refractivity contribution < 1.29 is 9.53 Å². The van der Waals surface area contributed by atoms with Gasteiger partial charge >= 0.3 is 6.09 Å². The van der Waals surface area contributed by atoms with Crippen molar-refractivity contribution in [3.05, 3.63) is 36.0 Å². The van der Waals surface area contributed by atoms with E-state index in [4.69, 9.17) is 16.3 Å². The van der Waals surface area contributed by atoms with Gasteiger partial charge in [0.25, 0.3) is 0 Å². The average molecular weight is 295 g/mol. The van der Waals surface area contributed by atoms with Crippen molar-refractivity contribution in [2.75, 3.05) is 20.6 Å². The standard InChI is InChI=1S/C15H19ClN2O2/c1-11(16)20-15(19)18-10-12(8-9-17(2)3)13-6-4-5-7-14(13)18/h4-7,10-11H,8-9H2,1-3H3. The third kappa shape index (κ3) is 3.32. The molecule has 1 atom stereocenters. The number of hydrogen-bond acceptors (Lipinski definition) is 3. The lowest BCUT2D eigenvalue weighted by atomic mass is 10.1. The minimum atomic E-state index is -0.645. The number of fused-ring (bicyclic) bond motifs is 1. The summed E-state index contributed by atoms with van der Waals surface area (Å²) in [7, 11) is 4.06. The molecule has 20 heavy (non-hydrogen) atoms. The number of carbonyl (C=O) groups is 1. The van der Waals surface area contributed by atoms with Crippen LogP contribution in [0.2, 0.25) is 0 Å². The summed E-state index contributed by atoms with van der Waals surface area (Å²) in [5.74, 6) is 0. The Hall–Kier alpha value is -1.52. The fourth-order valence-corrected chi connectivity index (χ4v) is 2.22. The molecule has 1 aromatic carbocycles. The van der Waals surface area contributed by atoms with Crippen molar-refractivity contribution in [3.8, 4) is 0 Å². The Morgan fingerprint density at radius 3 is 2.75 bits per heavy atom. The highest BCUT2D eigenvalue weighted by Crippen LogP contribution is 2.22. The van der Waals surface area contributed by atoms with E-state index < -0.39 is 11.7 Å². The molecular formula is C15H19ClN2O2. The Labute approximate surface area is 123 Å². The van der Waals surface area contributed by atoms with Crippen molar-refractivity contribution in [1.82, 2.24) is 9.47 Å². The van der Waals surface area contributed by atoms with Crippen molar-refractivity contribution in [1.29, 1.82) is 0 Å². The molecule has 0 saturated carbocycles. The first-order chi connectivity index (χ1) is 9.49. The predicted molar refractivity (Wildman–Crippen MR) is 81.4 cm³/mol. The van der Waals surface area contributed by atoms with E-state index in [0.29, 0.717) is 0 Å². The zero-order valence-electron chi connectivity index (χ0n) is 12.0. The molecule has 108 valence electrons. The molecule has 0 aliphatic carbocycles. The molecule has 2 rings (SSSR count). The number of alkyl halides is 1. The topological polar surface area (TPSA) is 34.5 Å². The van der Waals surface area contributed by atoms with Crippen LogP contribution in [-0.2, 0) is 11.2 Å². The Morgan fingerprint density at radius 2 is 2.10 bits per heavy atom. The first-order valence-corrected chi connectivity index (χ1v) is 7.01. The van der Waals surface area contributed by atoms with Crippen LogP contribution >= 0.6 is 11.6 Å². The van der Waals surface area contributed by atoms with Gasteiger partial charge in [-0.05, 0) is 39.1 Å². The molecule has 1 heterocycles. The molecule has 0 saturated heterocycles. The van der Waals surface area contributed by atoms with Crippen molar-refractivity contribution in [2.45, 2.75) is 18.9 Å². The summed E-state index contributed by atoms with van der Waals surface area (Å²) in [4.78, 5) is 14.2. The highest BCUT2D eigenvalue weighted by Gasteiger charge is 2.15. The molecule has 0 bridgehead atoms. The number of para-hydroxylation sites is 1. The SMILES string of the molecule is CC(Cl)OC(=O)n1cc(CCN(C)C)c2ccccc21. The quantitative estimate of drug-likeness (QED) is 0.811. The number of carbonyl (C=O) groups excluding carboxylic acids is 1. The third-order valence-corrected chi connectivity index (χ3v) is 3.17. The summed E-state index contributed by atoms with van der Waals surface area (Å²) >= 11 is 5.72. The maximum absolute atomic E-state index is 12.1. The number of rotatable bonds is 4. The van der Waals surface area contributed by atoms with E-state index in [1.54, 1.807) is 6.92 Å². The van der Waals surface area contributed by atoms with Gasteiger partial charge in [-0.15, -0.1) is 0 Å². The third-order valence-electron chi connectivity index (χ3n) is 3.08. The Balaban J connectivity index is 2.37. The van der Waals surface area contributed by atoms with Gasteiger partial charge in [0.15, 0.2) is 5.56 Å². The minimum absolute atomic E-state index is 0.445. The van der Waals surface area contributed by atoms with Gasteiger partial charge < -0.3 is 9.64 Å². The largest absolute Gasteiger partial charge is 0.430 e. The molecular weight excluding hydrogens is 276 g/mol. The molecule has 0 spiro atoms. The lowest BCUT2D eigenvalue weighted by Gasteiger charge is -2.08. The summed E-state index contributed by atoms with van der Waals surface area (Å²) in [6.45, 7) is 2.55. The summed E-state index contributed by atoms with van der Waals surface area (Å²) < 4.78 is 6.59. The van der Waals surface area contributed by atoms with Crippen LogP contribution in [0.1, 0.15) is 12.5 Å². The summed E-state index contributed by atoms with van der Waals surface area (Å²) in [5.41, 5.74) is 1.34. The number of benzene rings is 1. The molecule has 5 heteroatoms. The number of halogens is 1. The fraction of sp³-hybridized carbons (Fsp3) is 0.400. The molecule has 0 N–H and O–H groups in total. The smallest absolute Gasteiger partial charge is 0.419 e. The molecule has 1 unspecified atom stereocenters. The van der Waals surface area contributed by atoms with E-state index in [9.17, 15) is 4.79 Å². The summed E-state index contributed by atoms with van der Waals surface area (Å²) in [6, 6.07) is 7.82. The first kappa shape index (κ1) is 14.9. The normalized spacial score (nSPS) is 12.8. The van der Waals surface area contributed by atoms with Crippen LogP contribution < -0.4 is 0 Å². The van der Waals surface area contributed by atoms with Crippen molar-refractivity contribution in [2.24, 2.45) is 0 Å². The van der Waals surface area contributed by atoms with Crippen molar-refractivity contribution >= 4 is 28.6 Å². The van der Waals surface area contributed by atoms with Gasteiger partial charge in [0.05, 0.1) is 5.52 Å². The van der Waals surface area contributed by atoms with E-state index in [1.165, 1.54) is 4.57 Å². The van der Waals surface area contributed by atoms with Crippen LogP contribution in [0.4, 0.5) is 4.79 Å². The molecule has 0 radical (unpaired) electrons. The summed E-state index contributed by atoms with van der Waals surface area (Å²) in [6.07, 6.45) is 2.28. The molecule has 0 aliphatic heterocycles. The highest BCUT2D eigenvalue weighted by molar-refractivity contribution is 6.20. The highest BCUT2D eigenvalue weighted by atomic mass is 35.5. The number of likely N-dealkylation sites (N-methyl/N-ethyl adjacent to an activating group) is 1. The number of hydrogen-bond donors (Lipinski definition) is 0. The van der Waals surface area contributed by atoms with E-state index in [-0.39, 0.29) is 0 Å². The second kappa shape index (κ2) is 6.29. The van der Waals surface area contributed by atoms with Gasteiger partial charge in [0.1, 0.15) is 0 Å². The van der Waals surface area contributed by atoms with Gasteiger partial charge in [-0.3, -0.25) is 4.57 Å². The first-order valence-electron chi connectivity index (χ1n) is 6.58. The van der Waals surface area contributed by atoms with Crippen LogP contribution in [0.5, 0.6) is 0 Å². The minimum Gasteiger partial charge on any atom is -0.430 e. The van der Waals surface area contributed by atoms with Crippen LogP contribution in [0, 0.1) is 0 Å². The average Bonchev–Trinajstić information content (AvgIpc) is 2.74. The van der Waals surface area contributed by atoms with E-state index in [1.807, 2.05) is 44.6 Å². The van der Waals surface area contributed by atoms with Gasteiger partial charge in [-0.25, -0.2) is 4.79 Å². The zero-order chi connectivity index (χ0) is 14.7. The lowest BCUT2D eigenvalue weighted by Crippen LogP contribution is -2.16. The van der Waals surface area contributed by atoms with Gasteiger partial charge in [0.2, 0.25) is 0 Å². The zero-order valence-corrected chi connectivity index (χ0v) is 12.7. The Morgan fingerprint density at radius 1 is 1.40 bits per heavy atom. The van der Waals surface area contributed by atoms with Crippen LogP contribution in [0.15, 0.2) is 30.5 Å². The van der Waals surface area contributed by atoms with Gasteiger partial charge in [-0.2, -0.15) is 0 Å². The van der Waals surface area contributed by atoms with Gasteiger partial charge in [0, 0.05) is 18.1 Å². The second-order valence-corrected chi connectivity index (χ2v) is 5.64. The number of ether oxygens (including phenoxy) is 1.